The lowest BCUT2D eigenvalue weighted by molar-refractivity contribution is -0.137. The van der Waals surface area contributed by atoms with Gasteiger partial charge in [-0.2, -0.15) is 13.2 Å². The number of benzene rings is 1. The lowest BCUT2D eigenvalue weighted by Crippen LogP contribution is -2.40. The summed E-state index contributed by atoms with van der Waals surface area (Å²) in [6.07, 6.45) is -2.93. The smallest absolute Gasteiger partial charge is 0.369 e. The van der Waals surface area contributed by atoms with E-state index in [4.69, 9.17) is 0 Å². The lowest BCUT2D eigenvalue weighted by Gasteiger charge is -2.30. The summed E-state index contributed by atoms with van der Waals surface area (Å²) >= 11 is 0. The molecule has 148 valence electrons. The van der Waals surface area contributed by atoms with Gasteiger partial charge in [-0.25, -0.2) is 9.97 Å². The lowest BCUT2D eigenvalue weighted by atomic mass is 10.2. The van der Waals surface area contributed by atoms with Crippen LogP contribution < -0.4 is 10.6 Å². The topological polar surface area (TPSA) is 53.1 Å². The van der Waals surface area contributed by atoms with Gasteiger partial charge in [0.1, 0.15) is 18.0 Å². The van der Waals surface area contributed by atoms with Crippen molar-refractivity contribution in [2.45, 2.75) is 46.0 Å². The van der Waals surface area contributed by atoms with Gasteiger partial charge in [0.15, 0.2) is 0 Å². The molecule has 27 heavy (non-hydrogen) atoms. The Balaban J connectivity index is 1.95. The third-order valence-electron chi connectivity index (χ3n) is 4.15. The fourth-order valence-electron chi connectivity index (χ4n) is 2.84. The van der Waals surface area contributed by atoms with Gasteiger partial charge in [0.25, 0.3) is 0 Å². The van der Waals surface area contributed by atoms with Gasteiger partial charge in [0.2, 0.25) is 0 Å². The van der Waals surface area contributed by atoms with Crippen LogP contribution in [-0.4, -0.2) is 40.0 Å². The van der Waals surface area contributed by atoms with Crippen LogP contribution >= 0.6 is 0 Å². The molecule has 0 radical (unpaired) electrons. The first-order chi connectivity index (χ1) is 12.7. The summed E-state index contributed by atoms with van der Waals surface area (Å²) in [4.78, 5) is 10.7. The predicted octanol–water partition coefficient (Wildman–Crippen LogP) is 4.77. The van der Waals surface area contributed by atoms with Crippen molar-refractivity contribution in [3.8, 4) is 0 Å². The van der Waals surface area contributed by atoms with Crippen molar-refractivity contribution in [2.75, 3.05) is 23.7 Å². The van der Waals surface area contributed by atoms with Gasteiger partial charge in [-0.05, 0) is 52.0 Å². The Morgan fingerprint density at radius 2 is 1.56 bits per heavy atom. The predicted molar refractivity (Wildman–Crippen MR) is 102 cm³/mol. The first-order valence-electron chi connectivity index (χ1n) is 8.92. The van der Waals surface area contributed by atoms with Crippen molar-refractivity contribution in [1.82, 2.24) is 14.9 Å². The molecule has 2 N–H and O–H groups in total. The summed E-state index contributed by atoms with van der Waals surface area (Å²) in [6.45, 7) is 10.3. The van der Waals surface area contributed by atoms with Gasteiger partial charge >= 0.3 is 6.18 Å². The molecule has 0 saturated heterocycles. The maximum atomic E-state index is 12.6. The number of nitrogens with one attached hydrogen (secondary N) is 2. The maximum Gasteiger partial charge on any atom is 0.416 e. The summed E-state index contributed by atoms with van der Waals surface area (Å²) in [5.74, 6) is 1.17. The van der Waals surface area contributed by atoms with Crippen LogP contribution in [0.5, 0.6) is 0 Å². The minimum atomic E-state index is -4.34. The molecule has 0 spiro atoms. The highest BCUT2D eigenvalue weighted by atomic mass is 19.4. The van der Waals surface area contributed by atoms with E-state index in [1.807, 2.05) is 0 Å². The van der Waals surface area contributed by atoms with Gasteiger partial charge < -0.3 is 10.6 Å². The summed E-state index contributed by atoms with van der Waals surface area (Å²) in [7, 11) is 0. The number of nitrogens with zero attached hydrogens (tertiary/aromatic N) is 3. The van der Waals surface area contributed by atoms with Crippen LogP contribution in [0.3, 0.4) is 0 Å². The monoisotopic (exact) mass is 381 g/mol. The Bertz CT molecular complexity index is 706. The quantitative estimate of drug-likeness (QED) is 0.690. The van der Waals surface area contributed by atoms with Crippen LogP contribution in [0.4, 0.5) is 30.5 Å². The van der Waals surface area contributed by atoms with Crippen LogP contribution in [0.15, 0.2) is 36.7 Å². The van der Waals surface area contributed by atoms with Crippen LogP contribution in [0.25, 0.3) is 0 Å². The Kier molecular flexibility index (Phi) is 7.01. The summed E-state index contributed by atoms with van der Waals surface area (Å²) in [6, 6.07) is 7.46. The van der Waals surface area contributed by atoms with Crippen molar-refractivity contribution in [3.05, 3.63) is 42.2 Å². The number of hydrogen-bond donors (Lipinski definition) is 2. The van der Waals surface area contributed by atoms with E-state index in [-0.39, 0.29) is 0 Å². The molecule has 0 fully saturated rings. The minimum absolute atomic E-state index is 0.453. The first-order valence-corrected chi connectivity index (χ1v) is 8.92. The van der Waals surface area contributed by atoms with Crippen LogP contribution in [0.1, 0.15) is 33.3 Å². The van der Waals surface area contributed by atoms with Gasteiger partial charge in [0.05, 0.1) is 5.56 Å². The van der Waals surface area contributed by atoms with Gasteiger partial charge in [-0.1, -0.05) is 0 Å². The van der Waals surface area contributed by atoms with Crippen LogP contribution in [-0.2, 0) is 6.18 Å². The molecule has 1 heterocycles. The number of halogens is 3. The van der Waals surface area contributed by atoms with Crippen molar-refractivity contribution in [1.29, 1.82) is 0 Å². The van der Waals surface area contributed by atoms with Gasteiger partial charge in [-0.15, -0.1) is 0 Å². The highest BCUT2D eigenvalue weighted by molar-refractivity contribution is 5.59. The molecular weight excluding hydrogens is 355 g/mol. The van der Waals surface area contributed by atoms with Gasteiger partial charge in [-0.3, -0.25) is 4.90 Å². The molecule has 2 rings (SSSR count). The molecule has 1 aromatic heterocycles. The van der Waals surface area contributed by atoms with E-state index in [0.29, 0.717) is 29.4 Å². The van der Waals surface area contributed by atoms with Crippen LogP contribution in [0.2, 0.25) is 0 Å². The molecule has 0 aliphatic rings. The van der Waals surface area contributed by atoms with Crippen molar-refractivity contribution in [2.24, 2.45) is 0 Å². The molecule has 8 heteroatoms. The largest absolute Gasteiger partial charge is 0.416 e. The van der Waals surface area contributed by atoms with E-state index in [2.05, 4.69) is 53.2 Å². The van der Waals surface area contributed by atoms with Crippen molar-refractivity contribution < 1.29 is 13.2 Å². The number of alkyl halides is 3. The zero-order valence-corrected chi connectivity index (χ0v) is 16.0. The van der Waals surface area contributed by atoms with E-state index >= 15 is 0 Å². The van der Waals surface area contributed by atoms with E-state index in [1.54, 1.807) is 6.07 Å². The average molecular weight is 381 g/mol. The molecular formula is C19H26F3N5. The van der Waals surface area contributed by atoms with Gasteiger partial charge in [0, 0.05) is 36.9 Å². The maximum absolute atomic E-state index is 12.6. The zero-order chi connectivity index (χ0) is 20.0. The first kappa shape index (κ1) is 21.0. The summed E-state index contributed by atoms with van der Waals surface area (Å²) in [5.41, 5.74) is -0.156. The highest BCUT2D eigenvalue weighted by Gasteiger charge is 2.29. The van der Waals surface area contributed by atoms with E-state index in [1.165, 1.54) is 18.5 Å². The molecule has 0 bridgehead atoms. The average Bonchev–Trinajstić information content (AvgIpc) is 2.58. The number of aromatic nitrogens is 2. The fourth-order valence-corrected chi connectivity index (χ4v) is 2.84. The third-order valence-corrected chi connectivity index (χ3v) is 4.15. The Morgan fingerprint density at radius 3 is 2.11 bits per heavy atom. The normalized spacial score (nSPS) is 12.1. The Hall–Kier alpha value is -2.35. The second-order valence-corrected chi connectivity index (χ2v) is 6.84. The second kappa shape index (κ2) is 9.03. The highest BCUT2D eigenvalue weighted by Crippen LogP contribution is 2.30. The number of rotatable bonds is 8. The van der Waals surface area contributed by atoms with E-state index < -0.39 is 11.7 Å². The Labute approximate surface area is 158 Å². The van der Waals surface area contributed by atoms with E-state index in [0.717, 1.165) is 25.2 Å². The van der Waals surface area contributed by atoms with Crippen LogP contribution in [0, 0.1) is 0 Å². The number of anilines is 3. The zero-order valence-electron chi connectivity index (χ0n) is 16.0. The fraction of sp³-hybridized carbons (Fsp3) is 0.474. The van der Waals surface area contributed by atoms with Crippen molar-refractivity contribution in [3.63, 3.8) is 0 Å². The second-order valence-electron chi connectivity index (χ2n) is 6.84. The SMILES string of the molecule is CC(C)N(CCNc1cc(Nc2ccc(C(F)(F)F)cc2)ncn1)C(C)C. The summed E-state index contributed by atoms with van der Waals surface area (Å²) in [5, 5.41) is 6.25. The molecule has 1 aromatic carbocycles. The Morgan fingerprint density at radius 1 is 0.963 bits per heavy atom. The number of hydrogen-bond acceptors (Lipinski definition) is 5. The van der Waals surface area contributed by atoms with E-state index in [9.17, 15) is 13.2 Å². The molecule has 0 saturated carbocycles. The summed E-state index contributed by atoms with van der Waals surface area (Å²) < 4.78 is 37.9. The molecule has 0 unspecified atom stereocenters. The molecule has 0 atom stereocenters. The minimum Gasteiger partial charge on any atom is -0.369 e. The molecule has 0 amide bonds. The molecule has 0 aliphatic carbocycles. The van der Waals surface area contributed by atoms with Crippen molar-refractivity contribution >= 4 is 17.3 Å². The molecule has 5 nitrogen and oxygen atoms in total. The standard InChI is InChI=1S/C19H26F3N5/c1-13(2)27(14(3)4)10-9-23-17-11-18(25-12-24-17)26-16-7-5-15(6-8-16)19(20,21)22/h5-8,11-14H,9-10H2,1-4H3,(H2,23,24,25,26). The molecule has 2 aromatic rings. The molecule has 0 aliphatic heterocycles. The third kappa shape index (κ3) is 6.39.